The first kappa shape index (κ1) is 17.4. The molecular formula is C16H19ClO4. The summed E-state index contributed by atoms with van der Waals surface area (Å²) in [5.74, 6) is -1.07. The zero-order valence-electron chi connectivity index (χ0n) is 12.2. The lowest BCUT2D eigenvalue weighted by atomic mass is 10.1. The van der Waals surface area contributed by atoms with Crippen LogP contribution in [-0.2, 0) is 19.1 Å². The van der Waals surface area contributed by atoms with E-state index >= 15 is 0 Å². The average Bonchev–Trinajstić information content (AvgIpc) is 2.49. The number of benzene rings is 1. The molecule has 21 heavy (non-hydrogen) atoms. The number of esters is 1. The second-order valence-corrected chi connectivity index (χ2v) is 4.68. The second kappa shape index (κ2) is 9.32. The van der Waals surface area contributed by atoms with Crippen LogP contribution in [0.5, 0.6) is 0 Å². The molecule has 0 spiro atoms. The van der Waals surface area contributed by atoms with E-state index in [0.717, 1.165) is 0 Å². The summed E-state index contributed by atoms with van der Waals surface area (Å²) in [6.45, 7) is 4.16. The Bertz CT molecular complexity index is 501. The number of hydrogen-bond donors (Lipinski definition) is 0. The van der Waals surface area contributed by atoms with E-state index < -0.39 is 11.8 Å². The van der Waals surface area contributed by atoms with Crippen LogP contribution in [-0.4, -0.2) is 31.6 Å². The minimum Gasteiger partial charge on any atom is -0.462 e. The van der Waals surface area contributed by atoms with Gasteiger partial charge in [-0.15, -0.1) is 0 Å². The second-order valence-electron chi connectivity index (χ2n) is 4.28. The molecular weight excluding hydrogens is 292 g/mol. The monoisotopic (exact) mass is 310 g/mol. The van der Waals surface area contributed by atoms with Gasteiger partial charge in [-0.2, -0.15) is 0 Å². The van der Waals surface area contributed by atoms with E-state index in [1.165, 1.54) is 6.08 Å². The number of halogens is 1. The molecule has 114 valence electrons. The summed E-state index contributed by atoms with van der Waals surface area (Å²) in [5, 5.41) is 0.461. The lowest BCUT2D eigenvalue weighted by Gasteiger charge is -2.08. The zero-order chi connectivity index (χ0) is 15.7. The third-order valence-corrected chi connectivity index (χ3v) is 2.94. The minimum absolute atomic E-state index is 0.0509. The van der Waals surface area contributed by atoms with Crippen LogP contribution in [0.3, 0.4) is 0 Å². The van der Waals surface area contributed by atoms with Gasteiger partial charge in [0.25, 0.3) is 0 Å². The van der Waals surface area contributed by atoms with Crippen LogP contribution < -0.4 is 0 Å². The Morgan fingerprint density at radius 3 is 2.57 bits per heavy atom. The first-order chi connectivity index (χ1) is 10.1. The molecule has 0 saturated carbocycles. The lowest BCUT2D eigenvalue weighted by molar-refractivity contribution is -0.140. The molecule has 4 nitrogen and oxygen atoms in total. The molecule has 0 aliphatic carbocycles. The standard InChI is InChI=1S/C16H19ClO4/c1-3-9-21-16(19)13(15(18)11-20-4-2)10-12-7-5-6-8-14(12)17/h5-8,10H,3-4,9,11H2,1-2H3. The summed E-state index contributed by atoms with van der Waals surface area (Å²) < 4.78 is 10.1. The molecule has 0 heterocycles. The predicted molar refractivity (Wildman–Crippen MR) is 82.2 cm³/mol. The quantitative estimate of drug-likeness (QED) is 0.320. The summed E-state index contributed by atoms with van der Waals surface area (Å²) in [4.78, 5) is 24.1. The van der Waals surface area contributed by atoms with Gasteiger partial charge in [-0.05, 0) is 31.1 Å². The number of carbonyl (C=O) groups excluding carboxylic acids is 2. The van der Waals surface area contributed by atoms with E-state index in [1.54, 1.807) is 31.2 Å². The van der Waals surface area contributed by atoms with Gasteiger partial charge in [0, 0.05) is 11.6 Å². The van der Waals surface area contributed by atoms with Crippen molar-refractivity contribution in [3.63, 3.8) is 0 Å². The zero-order valence-corrected chi connectivity index (χ0v) is 13.0. The topological polar surface area (TPSA) is 52.6 Å². The number of hydrogen-bond acceptors (Lipinski definition) is 4. The molecule has 0 fully saturated rings. The molecule has 0 unspecified atom stereocenters. The smallest absolute Gasteiger partial charge is 0.341 e. The molecule has 0 radical (unpaired) electrons. The van der Waals surface area contributed by atoms with Gasteiger partial charge >= 0.3 is 5.97 Å². The normalized spacial score (nSPS) is 11.3. The van der Waals surface area contributed by atoms with Gasteiger partial charge in [-0.1, -0.05) is 36.7 Å². The highest BCUT2D eigenvalue weighted by molar-refractivity contribution is 6.32. The molecule has 0 atom stereocenters. The largest absolute Gasteiger partial charge is 0.462 e. The maximum Gasteiger partial charge on any atom is 0.341 e. The highest BCUT2D eigenvalue weighted by Gasteiger charge is 2.20. The third kappa shape index (κ3) is 5.69. The van der Waals surface area contributed by atoms with Crippen molar-refractivity contribution in [2.75, 3.05) is 19.8 Å². The number of ketones is 1. The van der Waals surface area contributed by atoms with E-state index in [0.29, 0.717) is 23.6 Å². The van der Waals surface area contributed by atoms with Crippen LogP contribution in [0, 0.1) is 0 Å². The summed E-state index contributed by atoms with van der Waals surface area (Å²) >= 11 is 6.05. The van der Waals surface area contributed by atoms with Crippen molar-refractivity contribution in [1.82, 2.24) is 0 Å². The predicted octanol–water partition coefficient (Wildman–Crippen LogP) is 3.28. The molecule has 0 aromatic heterocycles. The van der Waals surface area contributed by atoms with Crippen LogP contribution in [0.1, 0.15) is 25.8 Å². The SMILES string of the molecule is CCCOC(=O)C(=Cc1ccccc1Cl)C(=O)COCC. The number of Topliss-reactive ketones (excluding diaryl/α,β-unsaturated/α-hetero) is 1. The fraction of sp³-hybridized carbons (Fsp3) is 0.375. The fourth-order valence-electron chi connectivity index (χ4n) is 1.55. The fourth-order valence-corrected chi connectivity index (χ4v) is 1.74. The van der Waals surface area contributed by atoms with E-state index in [4.69, 9.17) is 21.1 Å². The first-order valence-electron chi connectivity index (χ1n) is 6.84. The number of carbonyl (C=O) groups is 2. The van der Waals surface area contributed by atoms with Crippen molar-refractivity contribution in [3.05, 3.63) is 40.4 Å². The third-order valence-electron chi connectivity index (χ3n) is 2.60. The van der Waals surface area contributed by atoms with E-state index in [-0.39, 0.29) is 18.8 Å². The molecule has 0 aliphatic heterocycles. The molecule has 5 heteroatoms. The Labute approximate surface area is 129 Å². The first-order valence-corrected chi connectivity index (χ1v) is 7.22. The molecule has 0 saturated heterocycles. The summed E-state index contributed by atoms with van der Waals surface area (Å²) in [5.41, 5.74) is 0.539. The van der Waals surface area contributed by atoms with Gasteiger partial charge in [0.2, 0.25) is 0 Å². The Kier molecular flexibility index (Phi) is 7.72. The molecule has 1 aromatic carbocycles. The molecule has 0 amide bonds. The van der Waals surface area contributed by atoms with Crippen LogP contribution in [0.4, 0.5) is 0 Å². The Morgan fingerprint density at radius 1 is 1.24 bits per heavy atom. The maximum absolute atomic E-state index is 12.1. The highest BCUT2D eigenvalue weighted by Crippen LogP contribution is 2.19. The minimum atomic E-state index is -0.651. The van der Waals surface area contributed by atoms with E-state index in [9.17, 15) is 9.59 Å². The summed E-state index contributed by atoms with van der Waals surface area (Å²) in [7, 11) is 0. The van der Waals surface area contributed by atoms with Crippen molar-refractivity contribution >= 4 is 29.4 Å². The van der Waals surface area contributed by atoms with Crippen LogP contribution in [0.15, 0.2) is 29.8 Å². The Hall–Kier alpha value is -1.65. The summed E-state index contributed by atoms with van der Waals surface area (Å²) in [6.07, 6.45) is 2.13. The van der Waals surface area contributed by atoms with Gasteiger partial charge in [-0.25, -0.2) is 4.79 Å². The van der Waals surface area contributed by atoms with Crippen molar-refractivity contribution in [2.45, 2.75) is 20.3 Å². The van der Waals surface area contributed by atoms with Crippen molar-refractivity contribution < 1.29 is 19.1 Å². The van der Waals surface area contributed by atoms with Crippen LogP contribution in [0.25, 0.3) is 6.08 Å². The van der Waals surface area contributed by atoms with Crippen molar-refractivity contribution in [2.24, 2.45) is 0 Å². The van der Waals surface area contributed by atoms with Crippen LogP contribution in [0.2, 0.25) is 5.02 Å². The Morgan fingerprint density at radius 2 is 1.95 bits per heavy atom. The van der Waals surface area contributed by atoms with Gasteiger partial charge in [0.05, 0.1) is 6.61 Å². The van der Waals surface area contributed by atoms with E-state index in [2.05, 4.69) is 0 Å². The maximum atomic E-state index is 12.1. The van der Waals surface area contributed by atoms with Gasteiger partial charge in [-0.3, -0.25) is 4.79 Å². The molecule has 0 bridgehead atoms. The average molecular weight is 311 g/mol. The van der Waals surface area contributed by atoms with Crippen molar-refractivity contribution in [3.8, 4) is 0 Å². The highest BCUT2D eigenvalue weighted by atomic mass is 35.5. The van der Waals surface area contributed by atoms with Gasteiger partial charge in [0.1, 0.15) is 12.2 Å². The number of ether oxygens (including phenoxy) is 2. The molecule has 0 aliphatic rings. The molecule has 1 rings (SSSR count). The van der Waals surface area contributed by atoms with Crippen molar-refractivity contribution in [1.29, 1.82) is 0 Å². The number of rotatable bonds is 8. The van der Waals surface area contributed by atoms with Crippen LogP contribution >= 0.6 is 11.6 Å². The van der Waals surface area contributed by atoms with E-state index in [1.807, 2.05) is 6.92 Å². The molecule has 1 aromatic rings. The lowest BCUT2D eigenvalue weighted by Crippen LogP contribution is -2.20. The Balaban J connectivity index is 3.03. The summed E-state index contributed by atoms with van der Waals surface area (Å²) in [6, 6.07) is 6.97. The molecule has 0 N–H and O–H groups in total. The van der Waals surface area contributed by atoms with Gasteiger partial charge in [0.15, 0.2) is 5.78 Å². The van der Waals surface area contributed by atoms with Gasteiger partial charge < -0.3 is 9.47 Å².